The minimum absolute atomic E-state index is 0.0626. The smallest absolute Gasteiger partial charge is 0.328 e. The predicted octanol–water partition coefficient (Wildman–Crippen LogP) is 1.61. The number of rotatable bonds is 4. The summed E-state index contributed by atoms with van der Waals surface area (Å²) < 4.78 is 0. The van der Waals surface area contributed by atoms with Gasteiger partial charge in [-0.25, -0.2) is 9.78 Å². The van der Waals surface area contributed by atoms with Crippen LogP contribution in [0.1, 0.15) is 17.4 Å². The van der Waals surface area contributed by atoms with Crippen LogP contribution in [0.15, 0.2) is 6.20 Å². The lowest BCUT2D eigenvalue weighted by atomic mass is 10.2. The number of aliphatic hydroxyl groups is 1. The van der Waals surface area contributed by atoms with Crippen molar-refractivity contribution in [2.75, 3.05) is 0 Å². The molecule has 1 rings (SSSR count). The van der Waals surface area contributed by atoms with Gasteiger partial charge in [-0.3, -0.25) is 4.79 Å². The standard InChI is InChI=1S/C10H9Cl3N2O4/c1-3(16)7(10(18)19)15-9(17)8-6(13)5(12)4(11)2-14-8/h2-3,7,16H,1H3,(H,15,17)(H,18,19)/t3-,7+/m1/s1. The highest BCUT2D eigenvalue weighted by molar-refractivity contribution is 6.48. The second-order valence-electron chi connectivity index (χ2n) is 3.61. The molecule has 1 aromatic heterocycles. The number of hydrogen-bond donors (Lipinski definition) is 3. The summed E-state index contributed by atoms with van der Waals surface area (Å²) in [5.74, 6) is -2.27. The molecule has 0 saturated carbocycles. The number of nitrogens with one attached hydrogen (secondary N) is 1. The Bertz CT molecular complexity index is 522. The summed E-state index contributed by atoms with van der Waals surface area (Å²) in [7, 11) is 0. The minimum Gasteiger partial charge on any atom is -0.480 e. The zero-order chi connectivity index (χ0) is 14.7. The lowest BCUT2D eigenvalue weighted by Crippen LogP contribution is -2.47. The van der Waals surface area contributed by atoms with E-state index < -0.39 is 24.0 Å². The molecular weight excluding hydrogens is 318 g/mol. The maximum absolute atomic E-state index is 11.8. The lowest BCUT2D eigenvalue weighted by molar-refractivity contribution is -0.141. The molecule has 3 N–H and O–H groups in total. The van der Waals surface area contributed by atoms with Gasteiger partial charge < -0.3 is 15.5 Å². The first-order valence-electron chi connectivity index (χ1n) is 4.97. The van der Waals surface area contributed by atoms with Crippen molar-refractivity contribution in [1.82, 2.24) is 10.3 Å². The molecule has 2 atom stereocenters. The third-order valence-corrected chi connectivity index (χ3v) is 3.41. The van der Waals surface area contributed by atoms with Gasteiger partial charge >= 0.3 is 5.97 Å². The lowest BCUT2D eigenvalue weighted by Gasteiger charge is -2.17. The van der Waals surface area contributed by atoms with Crippen molar-refractivity contribution in [2.45, 2.75) is 19.1 Å². The Balaban J connectivity index is 3.02. The van der Waals surface area contributed by atoms with Gasteiger partial charge in [-0.2, -0.15) is 0 Å². The molecule has 0 fully saturated rings. The molecule has 0 saturated heterocycles. The molecule has 0 aliphatic carbocycles. The molecule has 0 radical (unpaired) electrons. The van der Waals surface area contributed by atoms with Crippen molar-refractivity contribution in [1.29, 1.82) is 0 Å². The number of amides is 1. The third-order valence-electron chi connectivity index (χ3n) is 2.17. The van der Waals surface area contributed by atoms with Gasteiger partial charge in [0.05, 0.1) is 21.2 Å². The fourth-order valence-corrected chi connectivity index (χ4v) is 1.77. The van der Waals surface area contributed by atoms with Gasteiger partial charge in [0.15, 0.2) is 6.04 Å². The van der Waals surface area contributed by atoms with Crippen LogP contribution in [0.5, 0.6) is 0 Å². The highest BCUT2D eigenvalue weighted by Crippen LogP contribution is 2.30. The molecule has 1 heterocycles. The fourth-order valence-electron chi connectivity index (χ4n) is 1.20. The van der Waals surface area contributed by atoms with Crippen LogP contribution in [0.2, 0.25) is 15.1 Å². The van der Waals surface area contributed by atoms with Gasteiger partial charge in [0.2, 0.25) is 0 Å². The van der Waals surface area contributed by atoms with Gasteiger partial charge in [-0.05, 0) is 6.92 Å². The number of hydrogen-bond acceptors (Lipinski definition) is 4. The molecule has 0 bridgehead atoms. The van der Waals surface area contributed by atoms with E-state index in [1.54, 1.807) is 0 Å². The number of aliphatic carboxylic acids is 1. The zero-order valence-corrected chi connectivity index (χ0v) is 11.8. The van der Waals surface area contributed by atoms with Crippen molar-refractivity contribution < 1.29 is 19.8 Å². The number of carboxylic acid groups (broad SMARTS) is 1. The summed E-state index contributed by atoms with van der Waals surface area (Å²) >= 11 is 17.2. The summed E-state index contributed by atoms with van der Waals surface area (Å²) in [5.41, 5.74) is -0.275. The maximum atomic E-state index is 11.8. The summed E-state index contributed by atoms with van der Waals surface area (Å²) in [5, 5.41) is 20.0. The van der Waals surface area contributed by atoms with E-state index in [-0.39, 0.29) is 20.8 Å². The van der Waals surface area contributed by atoms with Crippen molar-refractivity contribution >= 4 is 46.7 Å². The molecule has 0 aliphatic rings. The van der Waals surface area contributed by atoms with E-state index >= 15 is 0 Å². The third kappa shape index (κ3) is 3.70. The summed E-state index contributed by atoms with van der Waals surface area (Å²) in [6.45, 7) is 1.23. The van der Waals surface area contributed by atoms with E-state index in [9.17, 15) is 14.7 Å². The second-order valence-corrected chi connectivity index (χ2v) is 4.78. The van der Waals surface area contributed by atoms with E-state index in [1.165, 1.54) is 6.92 Å². The molecular formula is C10H9Cl3N2O4. The van der Waals surface area contributed by atoms with Crippen LogP contribution < -0.4 is 5.32 Å². The van der Waals surface area contributed by atoms with Crippen LogP contribution in [-0.4, -0.2) is 39.2 Å². The predicted molar refractivity (Wildman–Crippen MR) is 69.8 cm³/mol. The van der Waals surface area contributed by atoms with E-state index in [0.717, 1.165) is 6.20 Å². The first-order chi connectivity index (χ1) is 8.75. The highest BCUT2D eigenvalue weighted by atomic mass is 35.5. The Morgan fingerprint density at radius 1 is 1.32 bits per heavy atom. The van der Waals surface area contributed by atoms with Crippen molar-refractivity contribution in [3.05, 3.63) is 27.0 Å². The zero-order valence-electron chi connectivity index (χ0n) is 9.52. The molecule has 1 aromatic rings. The molecule has 6 nitrogen and oxygen atoms in total. The molecule has 104 valence electrons. The first kappa shape index (κ1) is 16.0. The number of aromatic nitrogens is 1. The SMILES string of the molecule is C[C@@H](O)[C@H](NC(=O)c1ncc(Cl)c(Cl)c1Cl)C(=O)O. The van der Waals surface area contributed by atoms with Crippen LogP contribution in [0.25, 0.3) is 0 Å². The normalized spacial score (nSPS) is 13.7. The van der Waals surface area contributed by atoms with E-state index in [1.807, 2.05) is 0 Å². The van der Waals surface area contributed by atoms with Gasteiger partial charge in [-0.15, -0.1) is 0 Å². The van der Waals surface area contributed by atoms with Crippen LogP contribution in [0, 0.1) is 0 Å². The number of carbonyl (C=O) groups excluding carboxylic acids is 1. The fraction of sp³-hybridized carbons (Fsp3) is 0.300. The Kier molecular flexibility index (Phi) is 5.37. The molecule has 0 aromatic carbocycles. The molecule has 0 spiro atoms. The Labute approximate surface area is 123 Å². The van der Waals surface area contributed by atoms with Crippen molar-refractivity contribution in [3.63, 3.8) is 0 Å². The van der Waals surface area contributed by atoms with Crippen molar-refractivity contribution in [3.8, 4) is 0 Å². The minimum atomic E-state index is -1.49. The number of carboxylic acids is 1. The average Bonchev–Trinajstić information content (AvgIpc) is 2.32. The molecule has 1 amide bonds. The highest BCUT2D eigenvalue weighted by Gasteiger charge is 2.27. The monoisotopic (exact) mass is 326 g/mol. The van der Waals surface area contributed by atoms with Crippen molar-refractivity contribution in [2.24, 2.45) is 0 Å². The van der Waals surface area contributed by atoms with Gasteiger partial charge in [0, 0.05) is 6.20 Å². The number of carbonyl (C=O) groups is 2. The topological polar surface area (TPSA) is 99.5 Å². The number of nitrogens with zero attached hydrogens (tertiary/aromatic N) is 1. The summed E-state index contributed by atoms with van der Waals surface area (Å²) in [4.78, 5) is 26.3. The molecule has 19 heavy (non-hydrogen) atoms. The first-order valence-corrected chi connectivity index (χ1v) is 6.10. The van der Waals surface area contributed by atoms with Gasteiger partial charge in [-0.1, -0.05) is 34.8 Å². The maximum Gasteiger partial charge on any atom is 0.328 e. The van der Waals surface area contributed by atoms with E-state index in [0.29, 0.717) is 0 Å². The van der Waals surface area contributed by atoms with E-state index in [2.05, 4.69) is 10.3 Å². The molecule has 0 aliphatic heterocycles. The van der Waals surface area contributed by atoms with Crippen LogP contribution in [0.3, 0.4) is 0 Å². The Morgan fingerprint density at radius 3 is 2.37 bits per heavy atom. The quantitative estimate of drug-likeness (QED) is 0.780. The summed E-state index contributed by atoms with van der Waals surface area (Å²) in [6.07, 6.45) is -0.175. The molecule has 0 unspecified atom stereocenters. The Hall–Kier alpha value is -1.08. The average molecular weight is 328 g/mol. The van der Waals surface area contributed by atoms with Gasteiger partial charge in [0.25, 0.3) is 5.91 Å². The second kappa shape index (κ2) is 6.38. The van der Waals surface area contributed by atoms with E-state index in [4.69, 9.17) is 39.9 Å². The van der Waals surface area contributed by atoms with Crippen LogP contribution in [-0.2, 0) is 4.79 Å². The summed E-state index contributed by atoms with van der Waals surface area (Å²) in [6, 6.07) is -1.49. The number of pyridine rings is 1. The number of aliphatic hydroxyl groups excluding tert-OH is 1. The Morgan fingerprint density at radius 2 is 1.89 bits per heavy atom. The number of halogens is 3. The largest absolute Gasteiger partial charge is 0.480 e. The van der Waals surface area contributed by atoms with Crippen LogP contribution in [0.4, 0.5) is 0 Å². The van der Waals surface area contributed by atoms with Gasteiger partial charge in [0.1, 0.15) is 5.69 Å². The van der Waals surface area contributed by atoms with Crippen LogP contribution >= 0.6 is 34.8 Å². The molecule has 9 heteroatoms.